The Morgan fingerprint density at radius 2 is 0.561 bits per heavy atom. The smallest absolute Gasteiger partial charge is 0.220 e. The average molecular weight is 931 g/mol. The molecule has 0 aromatic carbocycles. The van der Waals surface area contributed by atoms with Crippen LogP contribution in [0.2, 0.25) is 0 Å². The van der Waals surface area contributed by atoms with Gasteiger partial charge in [-0.1, -0.05) is 347 Å². The zero-order chi connectivity index (χ0) is 47.7. The highest BCUT2D eigenvalue weighted by molar-refractivity contribution is 5.76. The zero-order valence-corrected chi connectivity index (χ0v) is 45.5. The molecule has 0 aliphatic heterocycles. The molecule has 0 heterocycles. The quantitative estimate of drug-likeness (QED) is 0.0420. The van der Waals surface area contributed by atoms with Crippen molar-refractivity contribution >= 4 is 5.91 Å². The predicted octanol–water partition coefficient (Wildman–Crippen LogP) is 20.5. The summed E-state index contributed by atoms with van der Waals surface area (Å²) in [6, 6.07) is -0.618. The van der Waals surface area contributed by atoms with Gasteiger partial charge < -0.3 is 15.5 Å². The SMILES string of the molecule is CCCCCCCCCCCCCCC/C=C/C(O)C(CO)NC(=O)CCCCCCCCCCCCCCCCCCCCCCCCCCCCCCCCCCCCCCCCC. The minimum absolute atomic E-state index is 0.0560. The van der Waals surface area contributed by atoms with Crippen LogP contribution < -0.4 is 5.32 Å². The second-order valence-corrected chi connectivity index (χ2v) is 21.5. The van der Waals surface area contributed by atoms with E-state index in [1.165, 1.54) is 315 Å². The van der Waals surface area contributed by atoms with Crippen LogP contribution in [0.1, 0.15) is 361 Å². The van der Waals surface area contributed by atoms with Crippen molar-refractivity contribution in [1.29, 1.82) is 0 Å². The Hall–Kier alpha value is -0.870. The molecular weight excluding hydrogens is 807 g/mol. The minimum Gasteiger partial charge on any atom is -0.394 e. The fourth-order valence-electron chi connectivity index (χ4n) is 10.1. The van der Waals surface area contributed by atoms with Gasteiger partial charge in [0, 0.05) is 6.42 Å². The Kier molecular flexibility index (Phi) is 57.7. The van der Waals surface area contributed by atoms with Gasteiger partial charge in [0.1, 0.15) is 0 Å². The van der Waals surface area contributed by atoms with Crippen molar-refractivity contribution in [3.8, 4) is 0 Å². The third-order valence-corrected chi connectivity index (χ3v) is 14.8. The molecule has 0 radical (unpaired) electrons. The molecule has 0 aliphatic carbocycles. The van der Waals surface area contributed by atoms with Crippen LogP contribution in [0, 0.1) is 0 Å². The summed E-state index contributed by atoms with van der Waals surface area (Å²) in [5.74, 6) is -0.0560. The largest absolute Gasteiger partial charge is 0.394 e. The van der Waals surface area contributed by atoms with E-state index in [4.69, 9.17) is 0 Å². The maximum atomic E-state index is 12.5. The number of amides is 1. The lowest BCUT2D eigenvalue weighted by molar-refractivity contribution is -0.123. The molecule has 0 saturated carbocycles. The highest BCUT2D eigenvalue weighted by Crippen LogP contribution is 2.19. The summed E-state index contributed by atoms with van der Waals surface area (Å²) in [6.07, 6.45) is 77.1. The number of carbonyl (C=O) groups is 1. The Balaban J connectivity index is 3.34. The number of aliphatic hydroxyl groups excluding tert-OH is 2. The van der Waals surface area contributed by atoms with Gasteiger partial charge >= 0.3 is 0 Å². The van der Waals surface area contributed by atoms with Crippen molar-refractivity contribution in [2.45, 2.75) is 373 Å². The predicted molar refractivity (Wildman–Crippen MR) is 295 cm³/mol. The summed E-state index contributed by atoms with van der Waals surface area (Å²) in [6.45, 7) is 4.35. The highest BCUT2D eigenvalue weighted by atomic mass is 16.3. The normalized spacial score (nSPS) is 12.7. The molecule has 3 N–H and O–H groups in total. The van der Waals surface area contributed by atoms with Crippen molar-refractivity contribution < 1.29 is 15.0 Å². The van der Waals surface area contributed by atoms with Gasteiger partial charge in [-0.2, -0.15) is 0 Å². The van der Waals surface area contributed by atoms with Crippen LogP contribution in [-0.2, 0) is 4.79 Å². The second kappa shape index (κ2) is 58.4. The molecule has 2 unspecified atom stereocenters. The van der Waals surface area contributed by atoms with Crippen molar-refractivity contribution in [3.05, 3.63) is 12.2 Å². The molecule has 0 aliphatic rings. The molecular formula is C62H123NO3. The summed E-state index contributed by atoms with van der Waals surface area (Å²) < 4.78 is 0. The van der Waals surface area contributed by atoms with E-state index in [0.29, 0.717) is 6.42 Å². The van der Waals surface area contributed by atoms with Crippen LogP contribution in [0.15, 0.2) is 12.2 Å². The molecule has 4 heteroatoms. The van der Waals surface area contributed by atoms with Gasteiger partial charge in [-0.15, -0.1) is 0 Å². The molecule has 0 spiro atoms. The van der Waals surface area contributed by atoms with Crippen molar-refractivity contribution in [1.82, 2.24) is 5.32 Å². The highest BCUT2D eigenvalue weighted by Gasteiger charge is 2.18. The first-order valence-electron chi connectivity index (χ1n) is 30.9. The second-order valence-electron chi connectivity index (χ2n) is 21.5. The van der Waals surface area contributed by atoms with Crippen LogP contribution in [0.3, 0.4) is 0 Å². The van der Waals surface area contributed by atoms with E-state index < -0.39 is 12.1 Å². The standard InChI is InChI=1S/C62H123NO3/c1-3-5-7-9-11-13-15-17-19-20-21-22-23-24-25-26-27-28-29-30-31-32-33-34-35-36-37-38-39-40-41-42-44-46-48-50-52-54-56-58-62(66)63-60(59-64)61(65)57-55-53-51-49-47-45-43-18-16-14-12-10-8-6-4-2/h55,57,60-61,64-65H,3-54,56,58-59H2,1-2H3,(H,63,66)/b57-55+. The number of unbranched alkanes of at least 4 members (excludes halogenated alkanes) is 51. The van der Waals surface area contributed by atoms with Gasteiger partial charge in [-0.25, -0.2) is 0 Å². The Morgan fingerprint density at radius 3 is 0.788 bits per heavy atom. The van der Waals surface area contributed by atoms with Crippen LogP contribution in [0.4, 0.5) is 0 Å². The maximum absolute atomic E-state index is 12.5. The monoisotopic (exact) mass is 930 g/mol. The molecule has 0 aromatic rings. The molecule has 0 fully saturated rings. The van der Waals surface area contributed by atoms with E-state index in [9.17, 15) is 15.0 Å². The zero-order valence-electron chi connectivity index (χ0n) is 45.5. The van der Waals surface area contributed by atoms with Crippen molar-refractivity contribution in [2.24, 2.45) is 0 Å². The lowest BCUT2D eigenvalue weighted by Crippen LogP contribution is -2.45. The number of allylic oxidation sites excluding steroid dienone is 1. The number of carbonyl (C=O) groups excluding carboxylic acids is 1. The fraction of sp³-hybridized carbons (Fsp3) is 0.952. The van der Waals surface area contributed by atoms with Gasteiger partial charge in [0.2, 0.25) is 5.91 Å². The number of hydrogen-bond donors (Lipinski definition) is 3. The number of rotatable bonds is 58. The number of hydrogen-bond acceptors (Lipinski definition) is 3. The van der Waals surface area contributed by atoms with Gasteiger partial charge in [0.05, 0.1) is 18.8 Å². The third-order valence-electron chi connectivity index (χ3n) is 14.8. The maximum Gasteiger partial charge on any atom is 0.220 e. The first-order valence-corrected chi connectivity index (χ1v) is 30.9. The molecule has 0 bridgehead atoms. The fourth-order valence-corrected chi connectivity index (χ4v) is 10.1. The van der Waals surface area contributed by atoms with Crippen LogP contribution in [0.5, 0.6) is 0 Å². The summed E-state index contributed by atoms with van der Waals surface area (Å²) >= 11 is 0. The first-order chi connectivity index (χ1) is 32.7. The van der Waals surface area contributed by atoms with Gasteiger partial charge in [0.15, 0.2) is 0 Å². The molecule has 0 saturated heterocycles. The number of aliphatic hydroxyl groups is 2. The Bertz CT molecular complexity index is 921. The Morgan fingerprint density at radius 1 is 0.348 bits per heavy atom. The van der Waals surface area contributed by atoms with Crippen LogP contribution in [0.25, 0.3) is 0 Å². The van der Waals surface area contributed by atoms with E-state index in [2.05, 4.69) is 19.2 Å². The molecule has 394 valence electrons. The summed E-state index contributed by atoms with van der Waals surface area (Å²) in [7, 11) is 0. The van der Waals surface area contributed by atoms with Crippen LogP contribution >= 0.6 is 0 Å². The van der Waals surface area contributed by atoms with E-state index in [1.807, 2.05) is 6.08 Å². The van der Waals surface area contributed by atoms with Crippen molar-refractivity contribution in [2.75, 3.05) is 6.61 Å². The van der Waals surface area contributed by atoms with E-state index in [0.717, 1.165) is 25.7 Å². The molecule has 66 heavy (non-hydrogen) atoms. The minimum atomic E-state index is -0.835. The molecule has 4 nitrogen and oxygen atoms in total. The number of nitrogens with one attached hydrogen (secondary N) is 1. The van der Waals surface area contributed by atoms with Gasteiger partial charge in [-0.05, 0) is 19.3 Å². The molecule has 0 rings (SSSR count). The summed E-state index contributed by atoms with van der Waals surface area (Å²) in [5.41, 5.74) is 0. The van der Waals surface area contributed by atoms with E-state index >= 15 is 0 Å². The summed E-state index contributed by atoms with van der Waals surface area (Å²) in [5, 5.41) is 23.1. The topological polar surface area (TPSA) is 69.6 Å². The van der Waals surface area contributed by atoms with E-state index in [1.54, 1.807) is 6.08 Å². The van der Waals surface area contributed by atoms with Gasteiger partial charge in [0.25, 0.3) is 0 Å². The van der Waals surface area contributed by atoms with Crippen molar-refractivity contribution in [3.63, 3.8) is 0 Å². The molecule has 1 amide bonds. The summed E-state index contributed by atoms with van der Waals surface area (Å²) in [4.78, 5) is 12.5. The molecule has 2 atom stereocenters. The molecule has 0 aromatic heterocycles. The Labute approximate surface area is 416 Å². The lowest BCUT2D eigenvalue weighted by atomic mass is 10.0. The first kappa shape index (κ1) is 65.1. The lowest BCUT2D eigenvalue weighted by Gasteiger charge is -2.20. The van der Waals surface area contributed by atoms with Gasteiger partial charge in [-0.3, -0.25) is 4.79 Å². The average Bonchev–Trinajstić information content (AvgIpc) is 3.32. The third kappa shape index (κ3) is 54.1. The van der Waals surface area contributed by atoms with E-state index in [-0.39, 0.29) is 12.5 Å². The van der Waals surface area contributed by atoms with Crippen LogP contribution in [-0.4, -0.2) is 34.9 Å².